The SMILES string of the molecule is Cc1ccc(/C=C/C(=O)OCC(=O)NC(=O)c2ccccc2)c(Br)c1. The Balaban J connectivity index is 1.82. The minimum absolute atomic E-state index is 0.353. The number of carbonyl (C=O) groups is 3. The van der Waals surface area contributed by atoms with E-state index in [0.29, 0.717) is 5.56 Å². The maximum absolute atomic E-state index is 11.8. The Morgan fingerprint density at radius 3 is 2.52 bits per heavy atom. The molecule has 128 valence electrons. The Morgan fingerprint density at radius 2 is 1.84 bits per heavy atom. The van der Waals surface area contributed by atoms with Crippen molar-refractivity contribution in [2.75, 3.05) is 6.61 Å². The van der Waals surface area contributed by atoms with Crippen LogP contribution in [0.4, 0.5) is 0 Å². The average molecular weight is 402 g/mol. The zero-order valence-electron chi connectivity index (χ0n) is 13.5. The standard InChI is InChI=1S/C19H16BrNO4/c1-13-7-8-14(16(20)11-13)9-10-18(23)25-12-17(22)21-19(24)15-5-3-2-4-6-15/h2-11H,12H2,1H3,(H,21,22,24)/b10-9+. The van der Waals surface area contributed by atoms with E-state index in [1.165, 1.54) is 6.08 Å². The van der Waals surface area contributed by atoms with Gasteiger partial charge in [0, 0.05) is 16.1 Å². The molecule has 2 rings (SSSR count). The first-order chi connectivity index (χ1) is 12.0. The monoisotopic (exact) mass is 401 g/mol. The molecule has 0 aliphatic heterocycles. The van der Waals surface area contributed by atoms with Crippen LogP contribution in [0, 0.1) is 6.92 Å². The fourth-order valence-corrected chi connectivity index (χ4v) is 2.56. The number of carbonyl (C=O) groups excluding carboxylic acids is 3. The number of amides is 2. The molecule has 2 amide bonds. The first-order valence-corrected chi connectivity index (χ1v) is 8.25. The molecule has 5 nitrogen and oxygen atoms in total. The van der Waals surface area contributed by atoms with E-state index >= 15 is 0 Å². The molecular formula is C19H16BrNO4. The topological polar surface area (TPSA) is 72.5 Å². The number of esters is 1. The third kappa shape index (κ3) is 6.00. The Kier molecular flexibility index (Phi) is 6.65. The van der Waals surface area contributed by atoms with E-state index in [-0.39, 0.29) is 0 Å². The van der Waals surface area contributed by atoms with Crippen molar-refractivity contribution < 1.29 is 19.1 Å². The maximum Gasteiger partial charge on any atom is 0.331 e. The summed E-state index contributed by atoms with van der Waals surface area (Å²) in [6.45, 7) is 1.43. The van der Waals surface area contributed by atoms with Crippen LogP contribution in [-0.4, -0.2) is 24.4 Å². The van der Waals surface area contributed by atoms with Gasteiger partial charge in [-0.05, 0) is 42.3 Å². The first kappa shape index (κ1) is 18.6. The minimum Gasteiger partial charge on any atom is -0.452 e. The molecule has 0 aromatic heterocycles. The fraction of sp³-hybridized carbons (Fsp3) is 0.105. The van der Waals surface area contributed by atoms with E-state index in [0.717, 1.165) is 15.6 Å². The van der Waals surface area contributed by atoms with E-state index < -0.39 is 24.4 Å². The van der Waals surface area contributed by atoms with E-state index in [1.54, 1.807) is 36.4 Å². The van der Waals surface area contributed by atoms with E-state index in [9.17, 15) is 14.4 Å². The number of halogens is 1. The van der Waals surface area contributed by atoms with Gasteiger partial charge < -0.3 is 4.74 Å². The van der Waals surface area contributed by atoms with Gasteiger partial charge in [0.2, 0.25) is 0 Å². The lowest BCUT2D eigenvalue weighted by molar-refractivity contribution is -0.143. The van der Waals surface area contributed by atoms with Gasteiger partial charge >= 0.3 is 5.97 Å². The number of benzene rings is 2. The fourth-order valence-electron chi connectivity index (χ4n) is 1.93. The van der Waals surface area contributed by atoms with Gasteiger partial charge in [-0.25, -0.2) is 4.79 Å². The van der Waals surface area contributed by atoms with Gasteiger partial charge in [0.05, 0.1) is 0 Å². The van der Waals surface area contributed by atoms with E-state index in [4.69, 9.17) is 4.74 Å². The van der Waals surface area contributed by atoms with Crippen molar-refractivity contribution in [1.82, 2.24) is 5.32 Å². The average Bonchev–Trinajstić information content (AvgIpc) is 2.60. The zero-order chi connectivity index (χ0) is 18.2. The van der Waals surface area contributed by atoms with Crippen LogP contribution in [0.15, 0.2) is 59.1 Å². The summed E-state index contributed by atoms with van der Waals surface area (Å²) < 4.78 is 5.67. The number of hydrogen-bond donors (Lipinski definition) is 1. The molecule has 0 aliphatic carbocycles. The molecular weight excluding hydrogens is 386 g/mol. The van der Waals surface area contributed by atoms with Crippen LogP contribution in [0.3, 0.4) is 0 Å². The molecule has 0 saturated carbocycles. The molecule has 1 N–H and O–H groups in total. The summed E-state index contributed by atoms with van der Waals surface area (Å²) in [5.41, 5.74) is 2.25. The predicted octanol–water partition coefficient (Wildman–Crippen LogP) is 3.27. The van der Waals surface area contributed by atoms with Crippen molar-refractivity contribution in [2.45, 2.75) is 6.92 Å². The third-order valence-corrected chi connectivity index (χ3v) is 3.88. The second-order valence-corrected chi connectivity index (χ2v) is 6.06. The molecule has 0 unspecified atom stereocenters. The highest BCUT2D eigenvalue weighted by Crippen LogP contribution is 2.19. The quantitative estimate of drug-likeness (QED) is 0.616. The number of hydrogen-bond acceptors (Lipinski definition) is 4. The summed E-state index contributed by atoms with van der Waals surface area (Å²) in [6, 6.07) is 14.0. The predicted molar refractivity (Wildman–Crippen MR) is 97.8 cm³/mol. The van der Waals surface area contributed by atoms with Crippen molar-refractivity contribution in [3.63, 3.8) is 0 Å². The Morgan fingerprint density at radius 1 is 1.12 bits per heavy atom. The lowest BCUT2D eigenvalue weighted by atomic mass is 10.1. The van der Waals surface area contributed by atoms with Crippen molar-refractivity contribution in [1.29, 1.82) is 0 Å². The zero-order valence-corrected chi connectivity index (χ0v) is 15.1. The highest BCUT2D eigenvalue weighted by molar-refractivity contribution is 9.10. The summed E-state index contributed by atoms with van der Waals surface area (Å²) in [7, 11) is 0. The molecule has 0 aliphatic rings. The van der Waals surface area contributed by atoms with Crippen molar-refractivity contribution >= 4 is 39.8 Å². The molecule has 0 spiro atoms. The maximum atomic E-state index is 11.8. The number of nitrogens with one attached hydrogen (secondary N) is 1. The van der Waals surface area contributed by atoms with Gasteiger partial charge in [-0.3, -0.25) is 14.9 Å². The number of imide groups is 1. The smallest absolute Gasteiger partial charge is 0.331 e. The Bertz CT molecular complexity index is 815. The number of rotatable bonds is 5. The second-order valence-electron chi connectivity index (χ2n) is 5.21. The summed E-state index contributed by atoms with van der Waals surface area (Å²) in [5.74, 6) is -1.90. The summed E-state index contributed by atoms with van der Waals surface area (Å²) in [5, 5.41) is 2.15. The molecule has 0 saturated heterocycles. The summed E-state index contributed by atoms with van der Waals surface area (Å²) >= 11 is 3.40. The van der Waals surface area contributed by atoms with E-state index in [2.05, 4.69) is 21.2 Å². The van der Waals surface area contributed by atoms with Crippen molar-refractivity contribution in [3.8, 4) is 0 Å². The van der Waals surface area contributed by atoms with E-state index in [1.807, 2.05) is 25.1 Å². The van der Waals surface area contributed by atoms with Crippen LogP contribution >= 0.6 is 15.9 Å². The molecule has 25 heavy (non-hydrogen) atoms. The van der Waals surface area contributed by atoms with Crippen LogP contribution in [0.5, 0.6) is 0 Å². The van der Waals surface area contributed by atoms with Gasteiger partial charge in [0.1, 0.15) is 0 Å². The number of ether oxygens (including phenoxy) is 1. The summed E-state index contributed by atoms with van der Waals surface area (Å²) in [4.78, 5) is 35.1. The van der Waals surface area contributed by atoms with Gasteiger partial charge in [-0.2, -0.15) is 0 Å². The van der Waals surface area contributed by atoms with Crippen LogP contribution in [0.25, 0.3) is 6.08 Å². The van der Waals surface area contributed by atoms with Crippen molar-refractivity contribution in [3.05, 3.63) is 75.8 Å². The molecule has 0 radical (unpaired) electrons. The molecule has 6 heteroatoms. The Hall–Kier alpha value is -2.73. The minimum atomic E-state index is -0.688. The normalized spacial score (nSPS) is 10.5. The van der Waals surface area contributed by atoms with Gasteiger partial charge in [-0.15, -0.1) is 0 Å². The molecule has 0 bridgehead atoms. The van der Waals surface area contributed by atoms with Gasteiger partial charge in [-0.1, -0.05) is 46.3 Å². The highest BCUT2D eigenvalue weighted by Gasteiger charge is 2.11. The van der Waals surface area contributed by atoms with Crippen LogP contribution in [-0.2, 0) is 14.3 Å². The third-order valence-electron chi connectivity index (χ3n) is 3.19. The van der Waals surface area contributed by atoms with Crippen LogP contribution in [0.1, 0.15) is 21.5 Å². The van der Waals surface area contributed by atoms with Crippen LogP contribution in [0.2, 0.25) is 0 Å². The molecule has 2 aromatic carbocycles. The van der Waals surface area contributed by atoms with Gasteiger partial charge in [0.15, 0.2) is 6.61 Å². The molecule has 2 aromatic rings. The second kappa shape index (κ2) is 8.94. The summed E-state index contributed by atoms with van der Waals surface area (Å²) in [6.07, 6.45) is 2.81. The lowest BCUT2D eigenvalue weighted by Gasteiger charge is -2.04. The first-order valence-electron chi connectivity index (χ1n) is 7.46. The molecule has 0 fully saturated rings. The van der Waals surface area contributed by atoms with Crippen molar-refractivity contribution in [2.24, 2.45) is 0 Å². The number of aryl methyl sites for hydroxylation is 1. The molecule has 0 heterocycles. The highest BCUT2D eigenvalue weighted by atomic mass is 79.9. The largest absolute Gasteiger partial charge is 0.452 e. The van der Waals surface area contributed by atoms with Gasteiger partial charge in [0.25, 0.3) is 11.8 Å². The Labute approximate surface area is 153 Å². The molecule has 0 atom stereocenters. The lowest BCUT2D eigenvalue weighted by Crippen LogP contribution is -2.33. The van der Waals surface area contributed by atoms with Crippen LogP contribution < -0.4 is 5.32 Å².